The van der Waals surface area contributed by atoms with Crippen LogP contribution in [0.4, 0.5) is 0 Å². The molecule has 110 valence electrons. The summed E-state index contributed by atoms with van der Waals surface area (Å²) in [5, 5.41) is 8.82. The van der Waals surface area contributed by atoms with Crippen molar-refractivity contribution in [3.8, 4) is 0 Å². The maximum atomic E-state index is 12.0. The highest BCUT2D eigenvalue weighted by Crippen LogP contribution is 2.17. The van der Waals surface area contributed by atoms with Crippen LogP contribution in [0.25, 0.3) is 0 Å². The van der Waals surface area contributed by atoms with E-state index >= 15 is 0 Å². The number of nitrogens with zero attached hydrogens (tertiary/aromatic N) is 1. The van der Waals surface area contributed by atoms with E-state index in [2.05, 4.69) is 4.99 Å². The second-order valence-corrected chi connectivity index (χ2v) is 6.15. The van der Waals surface area contributed by atoms with Gasteiger partial charge in [0.05, 0.1) is 12.5 Å². The third kappa shape index (κ3) is 8.35. The first-order valence-corrected chi connectivity index (χ1v) is 6.49. The number of aliphatic imine (C=N–C) groups is 1. The molecule has 0 heterocycles. The number of carbonyl (C=O) groups excluding carboxylic acids is 1. The molecule has 1 N–H and O–H groups in total. The van der Waals surface area contributed by atoms with Gasteiger partial charge in [-0.15, -0.1) is 0 Å². The van der Waals surface area contributed by atoms with Gasteiger partial charge in [0.15, 0.2) is 0 Å². The number of carbonyl (C=O) groups is 2. The Morgan fingerprint density at radius 1 is 1.26 bits per heavy atom. The van der Waals surface area contributed by atoms with Crippen molar-refractivity contribution in [2.45, 2.75) is 60.1 Å². The molecule has 0 fully saturated rings. The first-order chi connectivity index (χ1) is 8.53. The van der Waals surface area contributed by atoms with Crippen molar-refractivity contribution in [1.82, 2.24) is 0 Å². The summed E-state index contributed by atoms with van der Waals surface area (Å²) in [6.07, 6.45) is 1.33. The zero-order valence-electron chi connectivity index (χ0n) is 12.6. The number of aliphatic carboxylic acids is 1. The molecular formula is C14H25NO4. The lowest BCUT2D eigenvalue weighted by Crippen LogP contribution is -2.32. The molecule has 2 atom stereocenters. The first kappa shape index (κ1) is 17.6. The van der Waals surface area contributed by atoms with Gasteiger partial charge in [-0.1, -0.05) is 27.7 Å². The number of carboxylic acids is 1. The van der Waals surface area contributed by atoms with Crippen molar-refractivity contribution in [2.24, 2.45) is 16.3 Å². The highest BCUT2D eigenvalue weighted by Gasteiger charge is 2.28. The van der Waals surface area contributed by atoms with Crippen LogP contribution in [0.5, 0.6) is 0 Å². The highest BCUT2D eigenvalue weighted by molar-refractivity contribution is 5.80. The van der Waals surface area contributed by atoms with Gasteiger partial charge in [0.2, 0.25) is 0 Å². The molecule has 0 aliphatic rings. The van der Waals surface area contributed by atoms with E-state index < -0.39 is 23.9 Å². The van der Waals surface area contributed by atoms with E-state index in [1.165, 1.54) is 0 Å². The molecule has 0 aromatic carbocycles. The number of esters is 1. The summed E-state index contributed by atoms with van der Waals surface area (Å²) in [6, 6.07) is -0.766. The van der Waals surface area contributed by atoms with Gasteiger partial charge in [-0.25, -0.2) is 4.79 Å². The lowest BCUT2D eigenvalue weighted by molar-refractivity contribution is -0.150. The molecule has 0 saturated carbocycles. The van der Waals surface area contributed by atoms with Crippen molar-refractivity contribution in [3.63, 3.8) is 0 Å². The predicted octanol–water partition coefficient (Wildman–Crippen LogP) is 2.53. The van der Waals surface area contributed by atoms with E-state index in [4.69, 9.17) is 9.84 Å². The van der Waals surface area contributed by atoms with Gasteiger partial charge in [0.25, 0.3) is 0 Å². The third-order valence-corrected chi connectivity index (χ3v) is 2.25. The van der Waals surface area contributed by atoms with Crippen LogP contribution >= 0.6 is 0 Å². The molecule has 0 aliphatic carbocycles. The largest absolute Gasteiger partial charge is 0.481 e. The summed E-state index contributed by atoms with van der Waals surface area (Å²) in [5.74, 6) is -1.81. The van der Waals surface area contributed by atoms with Gasteiger partial charge >= 0.3 is 11.9 Å². The predicted molar refractivity (Wildman–Crippen MR) is 74.4 cm³/mol. The molecule has 0 aliphatic heterocycles. The van der Waals surface area contributed by atoms with Crippen molar-refractivity contribution < 1.29 is 19.4 Å². The Labute approximate surface area is 115 Å². The monoisotopic (exact) mass is 271 g/mol. The molecule has 0 radical (unpaired) electrons. The highest BCUT2D eigenvalue weighted by atomic mass is 16.5. The second kappa shape index (κ2) is 7.26. The Balaban J connectivity index is 4.97. The van der Waals surface area contributed by atoms with Crippen molar-refractivity contribution in [2.75, 3.05) is 0 Å². The standard InChI is InChI=1S/C14H25NO4/c1-9(2)19-13(18)12(10(3)7-11(16)17)15-8-14(4,5)6/h8-10,12H,7H2,1-6H3,(H,16,17). The van der Waals surface area contributed by atoms with E-state index in [0.29, 0.717) is 0 Å². The number of hydrogen-bond donors (Lipinski definition) is 1. The van der Waals surface area contributed by atoms with Gasteiger partial charge in [0.1, 0.15) is 6.04 Å². The molecule has 2 unspecified atom stereocenters. The van der Waals surface area contributed by atoms with E-state index in [9.17, 15) is 9.59 Å². The molecule has 0 rings (SSSR count). The maximum Gasteiger partial charge on any atom is 0.331 e. The summed E-state index contributed by atoms with van der Waals surface area (Å²) in [5.41, 5.74) is -0.167. The zero-order valence-corrected chi connectivity index (χ0v) is 12.6. The number of hydrogen-bond acceptors (Lipinski definition) is 4. The number of ether oxygens (including phenoxy) is 1. The Morgan fingerprint density at radius 2 is 1.79 bits per heavy atom. The molecule has 19 heavy (non-hydrogen) atoms. The van der Waals surface area contributed by atoms with Crippen LogP contribution in [0.3, 0.4) is 0 Å². The van der Waals surface area contributed by atoms with Gasteiger partial charge in [-0.05, 0) is 25.2 Å². The molecule has 0 amide bonds. The molecule has 0 saturated heterocycles. The summed E-state index contributed by atoms with van der Waals surface area (Å²) in [6.45, 7) is 11.1. The molecule has 0 bridgehead atoms. The maximum absolute atomic E-state index is 12.0. The normalized spacial score (nSPS) is 15.5. The van der Waals surface area contributed by atoms with Gasteiger partial charge < -0.3 is 9.84 Å². The summed E-state index contributed by atoms with van der Waals surface area (Å²) >= 11 is 0. The lowest BCUT2D eigenvalue weighted by Gasteiger charge is -2.20. The molecule has 5 heteroatoms. The fraction of sp³-hybridized carbons (Fsp3) is 0.786. The van der Waals surface area contributed by atoms with Gasteiger partial charge in [0, 0.05) is 6.21 Å². The second-order valence-electron chi connectivity index (χ2n) is 6.15. The van der Waals surface area contributed by atoms with Crippen molar-refractivity contribution >= 4 is 18.2 Å². The SMILES string of the molecule is CC(C)OC(=O)C(N=CC(C)(C)C)C(C)CC(=O)O. The Morgan fingerprint density at radius 3 is 2.16 bits per heavy atom. The average molecular weight is 271 g/mol. The van der Waals surface area contributed by atoms with Gasteiger partial charge in [-0.3, -0.25) is 9.79 Å². The fourth-order valence-corrected chi connectivity index (χ4v) is 1.43. The molecule has 0 aromatic heterocycles. The Hall–Kier alpha value is -1.39. The van der Waals surface area contributed by atoms with Crippen LogP contribution in [0, 0.1) is 11.3 Å². The number of carboxylic acid groups (broad SMARTS) is 1. The molecule has 0 aromatic rings. The summed E-state index contributed by atoms with van der Waals surface area (Å²) in [7, 11) is 0. The topological polar surface area (TPSA) is 76.0 Å². The van der Waals surface area contributed by atoms with E-state index in [1.54, 1.807) is 27.0 Å². The zero-order chi connectivity index (χ0) is 15.2. The van der Waals surface area contributed by atoms with Crippen LogP contribution in [0.1, 0.15) is 48.0 Å². The lowest BCUT2D eigenvalue weighted by atomic mass is 9.96. The van der Waals surface area contributed by atoms with Crippen LogP contribution in [-0.2, 0) is 14.3 Å². The molecular weight excluding hydrogens is 246 g/mol. The quantitative estimate of drug-likeness (QED) is 0.595. The Kier molecular flexibility index (Phi) is 6.73. The summed E-state index contributed by atoms with van der Waals surface area (Å²) in [4.78, 5) is 27.0. The van der Waals surface area contributed by atoms with Crippen molar-refractivity contribution in [3.05, 3.63) is 0 Å². The minimum Gasteiger partial charge on any atom is -0.481 e. The van der Waals surface area contributed by atoms with Crippen LogP contribution in [0.15, 0.2) is 4.99 Å². The molecule has 0 spiro atoms. The average Bonchev–Trinajstić information content (AvgIpc) is 2.12. The Bertz CT molecular complexity index is 342. The summed E-state index contributed by atoms with van der Waals surface area (Å²) < 4.78 is 5.13. The van der Waals surface area contributed by atoms with Crippen molar-refractivity contribution in [1.29, 1.82) is 0 Å². The fourth-order valence-electron chi connectivity index (χ4n) is 1.43. The van der Waals surface area contributed by atoms with Crippen LogP contribution in [0.2, 0.25) is 0 Å². The number of rotatable bonds is 6. The minimum atomic E-state index is -0.944. The van der Waals surface area contributed by atoms with Crippen LogP contribution in [-0.4, -0.2) is 35.4 Å². The van der Waals surface area contributed by atoms with Crippen LogP contribution < -0.4 is 0 Å². The minimum absolute atomic E-state index is 0.112. The van der Waals surface area contributed by atoms with E-state index in [1.807, 2.05) is 20.8 Å². The van der Waals surface area contributed by atoms with Gasteiger partial charge in [-0.2, -0.15) is 0 Å². The first-order valence-electron chi connectivity index (χ1n) is 6.49. The van der Waals surface area contributed by atoms with E-state index in [-0.39, 0.29) is 17.9 Å². The molecule has 5 nitrogen and oxygen atoms in total. The smallest absolute Gasteiger partial charge is 0.331 e. The third-order valence-electron chi connectivity index (χ3n) is 2.25. The van der Waals surface area contributed by atoms with E-state index in [0.717, 1.165) is 0 Å².